The Morgan fingerprint density at radius 3 is 2.59 bits per heavy atom. The first-order valence-corrected chi connectivity index (χ1v) is 8.27. The van der Waals surface area contributed by atoms with Crippen LogP contribution in [0.15, 0.2) is 6.07 Å². The van der Waals surface area contributed by atoms with Gasteiger partial charge in [-0.25, -0.2) is 0 Å². The van der Waals surface area contributed by atoms with Gasteiger partial charge in [0.1, 0.15) is 0 Å². The second-order valence-corrected chi connectivity index (χ2v) is 6.18. The van der Waals surface area contributed by atoms with E-state index in [9.17, 15) is 9.59 Å². The van der Waals surface area contributed by atoms with E-state index in [4.69, 9.17) is 9.47 Å². The minimum absolute atomic E-state index is 0.0149. The molecular weight excluding hydrogens is 304 g/mol. The van der Waals surface area contributed by atoms with E-state index in [1.807, 2.05) is 12.3 Å². The molecule has 6 nitrogen and oxygen atoms in total. The van der Waals surface area contributed by atoms with Gasteiger partial charge >= 0.3 is 0 Å². The molecule has 0 saturated carbocycles. The van der Waals surface area contributed by atoms with E-state index < -0.39 is 0 Å². The third-order valence-electron chi connectivity index (χ3n) is 4.38. The highest BCUT2D eigenvalue weighted by atomic mass is 32.2. The second-order valence-electron chi connectivity index (χ2n) is 5.23. The van der Waals surface area contributed by atoms with Crippen LogP contribution in [0, 0.1) is 0 Å². The van der Waals surface area contributed by atoms with E-state index in [0.717, 1.165) is 36.2 Å². The molecular formula is C15H18N2O4S. The maximum absolute atomic E-state index is 11.7. The van der Waals surface area contributed by atoms with Crippen LogP contribution in [0.25, 0.3) is 0 Å². The van der Waals surface area contributed by atoms with Crippen molar-refractivity contribution in [2.45, 2.75) is 17.7 Å². The maximum atomic E-state index is 11.7. The summed E-state index contributed by atoms with van der Waals surface area (Å²) in [5.41, 5.74) is 2.53. The molecule has 0 radical (unpaired) electrons. The maximum Gasteiger partial charge on any atom is 0.215 e. The molecule has 3 rings (SSSR count). The van der Waals surface area contributed by atoms with Crippen molar-refractivity contribution in [3.63, 3.8) is 0 Å². The van der Waals surface area contributed by atoms with Gasteiger partial charge in [-0.15, -0.1) is 11.8 Å². The quantitative estimate of drug-likeness (QED) is 0.774. The lowest BCUT2D eigenvalue weighted by molar-refractivity contribution is -0.108. The van der Waals surface area contributed by atoms with Gasteiger partial charge in [0.25, 0.3) is 0 Å². The van der Waals surface area contributed by atoms with Crippen molar-refractivity contribution in [3.05, 3.63) is 11.6 Å². The van der Waals surface area contributed by atoms with Crippen LogP contribution in [0.2, 0.25) is 0 Å². The van der Waals surface area contributed by atoms with Crippen molar-refractivity contribution in [2.24, 2.45) is 0 Å². The topological polar surface area (TPSA) is 59.1 Å². The summed E-state index contributed by atoms with van der Waals surface area (Å²) in [6.07, 6.45) is 4.48. The molecule has 2 aliphatic heterocycles. The number of hydrogen-bond acceptors (Lipinski definition) is 5. The average Bonchev–Trinajstić information content (AvgIpc) is 2.89. The average molecular weight is 322 g/mol. The fourth-order valence-corrected chi connectivity index (χ4v) is 4.47. The zero-order valence-electron chi connectivity index (χ0n) is 12.7. The zero-order chi connectivity index (χ0) is 15.9. The molecule has 7 heteroatoms. The van der Waals surface area contributed by atoms with Crippen LogP contribution in [0.3, 0.4) is 0 Å². The SMILES string of the molecule is COc1cc2c3c(c1OC)N(C=O)C(SC)C3CCN2C=O. The third-order valence-corrected chi connectivity index (χ3v) is 5.42. The summed E-state index contributed by atoms with van der Waals surface area (Å²) in [5, 5.41) is 0.0149. The number of carbonyl (C=O) groups is 2. The predicted octanol–water partition coefficient (Wildman–Crippen LogP) is 1.82. The Hall–Kier alpha value is -1.89. The third kappa shape index (κ3) is 1.88. The number of amides is 2. The lowest BCUT2D eigenvalue weighted by atomic mass is 9.91. The fraction of sp³-hybridized carbons (Fsp3) is 0.467. The van der Waals surface area contributed by atoms with Crippen LogP contribution in [0.5, 0.6) is 11.5 Å². The summed E-state index contributed by atoms with van der Waals surface area (Å²) in [6, 6.07) is 1.82. The molecule has 2 amide bonds. The normalized spacial score (nSPS) is 22.3. The highest BCUT2D eigenvalue weighted by Gasteiger charge is 2.45. The Bertz CT molecular complexity index is 622. The molecule has 0 aliphatic carbocycles. The molecule has 0 bridgehead atoms. The molecule has 0 saturated heterocycles. The van der Waals surface area contributed by atoms with E-state index in [2.05, 4.69) is 0 Å². The molecule has 2 unspecified atom stereocenters. The van der Waals surface area contributed by atoms with E-state index in [1.54, 1.807) is 35.8 Å². The highest BCUT2D eigenvalue weighted by Crippen LogP contribution is 2.58. The molecule has 2 heterocycles. The van der Waals surface area contributed by atoms with E-state index in [1.165, 1.54) is 0 Å². The number of carbonyl (C=O) groups excluding carboxylic acids is 2. The molecule has 0 N–H and O–H groups in total. The zero-order valence-corrected chi connectivity index (χ0v) is 13.6. The van der Waals surface area contributed by atoms with Crippen LogP contribution in [0.1, 0.15) is 17.9 Å². The minimum atomic E-state index is 0.0149. The van der Waals surface area contributed by atoms with Gasteiger partial charge in [-0.05, 0) is 12.7 Å². The van der Waals surface area contributed by atoms with Gasteiger partial charge in [0.05, 0.1) is 31.0 Å². The Labute approximate surface area is 133 Å². The standard InChI is InChI=1S/C15H18N2O4S/c1-20-11-6-10-12-9(4-5-16(10)7-18)15(22-3)17(8-19)13(12)14(11)21-2/h6-9,15H,4-5H2,1-3H3. The van der Waals surface area contributed by atoms with E-state index in [-0.39, 0.29) is 11.3 Å². The van der Waals surface area contributed by atoms with Crippen molar-refractivity contribution in [2.75, 3.05) is 36.8 Å². The van der Waals surface area contributed by atoms with Crippen molar-refractivity contribution < 1.29 is 19.1 Å². The molecule has 1 aromatic carbocycles. The largest absolute Gasteiger partial charge is 0.493 e. The first-order valence-electron chi connectivity index (χ1n) is 6.99. The Kier molecular flexibility index (Phi) is 3.90. The number of hydrogen-bond donors (Lipinski definition) is 0. The minimum Gasteiger partial charge on any atom is -0.493 e. The summed E-state index contributed by atoms with van der Waals surface area (Å²) in [7, 11) is 3.11. The van der Waals surface area contributed by atoms with Crippen LogP contribution in [-0.4, -0.2) is 45.2 Å². The number of methoxy groups -OCH3 is 2. The van der Waals surface area contributed by atoms with Crippen LogP contribution in [0.4, 0.5) is 11.4 Å². The molecule has 2 atom stereocenters. The van der Waals surface area contributed by atoms with Crippen molar-refractivity contribution in [1.82, 2.24) is 0 Å². The molecule has 2 aliphatic rings. The molecule has 118 valence electrons. The van der Waals surface area contributed by atoms with E-state index >= 15 is 0 Å². The van der Waals surface area contributed by atoms with Gasteiger partial charge in [0, 0.05) is 24.1 Å². The molecule has 22 heavy (non-hydrogen) atoms. The van der Waals surface area contributed by atoms with Crippen molar-refractivity contribution >= 4 is 36.0 Å². The van der Waals surface area contributed by atoms with Gasteiger partial charge in [-0.3, -0.25) is 14.5 Å². The van der Waals surface area contributed by atoms with Crippen LogP contribution >= 0.6 is 11.8 Å². The number of anilines is 2. The number of nitrogens with zero attached hydrogens (tertiary/aromatic N) is 2. The lowest BCUT2D eigenvalue weighted by Gasteiger charge is -2.31. The lowest BCUT2D eigenvalue weighted by Crippen LogP contribution is -2.34. The second kappa shape index (κ2) is 5.72. The van der Waals surface area contributed by atoms with Gasteiger partial charge in [-0.2, -0.15) is 0 Å². The van der Waals surface area contributed by atoms with Gasteiger partial charge in [-0.1, -0.05) is 0 Å². The Balaban J connectivity index is 2.31. The Morgan fingerprint density at radius 2 is 2.05 bits per heavy atom. The smallest absolute Gasteiger partial charge is 0.215 e. The number of ether oxygens (including phenoxy) is 2. The first kappa shape index (κ1) is 15.0. The molecule has 0 fully saturated rings. The summed E-state index contributed by atoms with van der Waals surface area (Å²) < 4.78 is 10.9. The monoisotopic (exact) mass is 322 g/mol. The Morgan fingerprint density at radius 1 is 1.27 bits per heavy atom. The van der Waals surface area contributed by atoms with Crippen molar-refractivity contribution in [1.29, 1.82) is 0 Å². The summed E-state index contributed by atoms with van der Waals surface area (Å²) >= 11 is 1.63. The molecule has 0 aromatic heterocycles. The fourth-order valence-electron chi connectivity index (χ4n) is 3.49. The highest BCUT2D eigenvalue weighted by molar-refractivity contribution is 7.99. The number of rotatable bonds is 5. The van der Waals surface area contributed by atoms with Gasteiger partial charge in [0.2, 0.25) is 12.8 Å². The predicted molar refractivity (Wildman–Crippen MR) is 86.2 cm³/mol. The molecule has 1 aromatic rings. The number of thioether (sulfide) groups is 1. The van der Waals surface area contributed by atoms with Crippen LogP contribution < -0.4 is 19.3 Å². The summed E-state index contributed by atoms with van der Waals surface area (Å²) in [6.45, 7) is 0.639. The summed E-state index contributed by atoms with van der Waals surface area (Å²) in [5.74, 6) is 1.27. The van der Waals surface area contributed by atoms with E-state index in [0.29, 0.717) is 18.0 Å². The van der Waals surface area contributed by atoms with Gasteiger partial charge < -0.3 is 14.4 Å². The number of benzene rings is 1. The summed E-state index contributed by atoms with van der Waals surface area (Å²) in [4.78, 5) is 26.4. The molecule has 0 spiro atoms. The van der Waals surface area contributed by atoms with Crippen LogP contribution in [-0.2, 0) is 9.59 Å². The van der Waals surface area contributed by atoms with Crippen molar-refractivity contribution in [3.8, 4) is 11.5 Å². The first-order chi connectivity index (χ1) is 10.7. The van der Waals surface area contributed by atoms with Gasteiger partial charge in [0.15, 0.2) is 11.5 Å².